The Morgan fingerprint density at radius 3 is 2.69 bits per heavy atom. The summed E-state index contributed by atoms with van der Waals surface area (Å²) in [6.45, 7) is 1.25. The van der Waals surface area contributed by atoms with Crippen LogP contribution in [0, 0.1) is 0 Å². The van der Waals surface area contributed by atoms with E-state index in [9.17, 15) is 4.79 Å². The Morgan fingerprint density at radius 2 is 2.12 bits per heavy atom. The van der Waals surface area contributed by atoms with Crippen LogP contribution in [0.15, 0.2) is 18.2 Å². The van der Waals surface area contributed by atoms with Crippen LogP contribution in [0.25, 0.3) is 0 Å². The number of halogens is 2. The Labute approximate surface area is 104 Å². The highest BCUT2D eigenvalue weighted by Crippen LogP contribution is 2.24. The summed E-state index contributed by atoms with van der Waals surface area (Å²) in [6.07, 6.45) is 0.722. The molecule has 0 aromatic heterocycles. The zero-order valence-electron chi connectivity index (χ0n) is 8.62. The molecular weight excluding hydrogens is 247 g/mol. The number of nitrogens with two attached hydrogens (primary N) is 1. The van der Waals surface area contributed by atoms with Crippen LogP contribution in [-0.2, 0) is 11.3 Å². The van der Waals surface area contributed by atoms with Crippen LogP contribution in [0.1, 0.15) is 12.0 Å². The summed E-state index contributed by atoms with van der Waals surface area (Å²) in [4.78, 5) is 13.3. The summed E-state index contributed by atoms with van der Waals surface area (Å²) in [7, 11) is 0. The Hall–Kier alpha value is -0.770. The molecule has 0 radical (unpaired) electrons. The van der Waals surface area contributed by atoms with Gasteiger partial charge in [0.15, 0.2) is 0 Å². The molecule has 1 aromatic rings. The van der Waals surface area contributed by atoms with Gasteiger partial charge in [-0.05, 0) is 24.1 Å². The first kappa shape index (κ1) is 11.7. The van der Waals surface area contributed by atoms with Gasteiger partial charge in [-0.15, -0.1) is 0 Å². The SMILES string of the molecule is N[C@H]1CCN(Cc2ccc(Cl)c(Cl)c2)C1=O. The van der Waals surface area contributed by atoms with E-state index in [1.165, 1.54) is 0 Å². The molecule has 1 aliphatic heterocycles. The number of carbonyl (C=O) groups excluding carboxylic acids is 1. The number of likely N-dealkylation sites (tertiary alicyclic amines) is 1. The molecule has 1 aromatic carbocycles. The van der Waals surface area contributed by atoms with Gasteiger partial charge in [-0.1, -0.05) is 29.3 Å². The monoisotopic (exact) mass is 258 g/mol. The van der Waals surface area contributed by atoms with Gasteiger partial charge >= 0.3 is 0 Å². The number of amides is 1. The molecule has 2 N–H and O–H groups in total. The second kappa shape index (κ2) is 4.62. The van der Waals surface area contributed by atoms with Gasteiger partial charge in [0.2, 0.25) is 5.91 Å². The van der Waals surface area contributed by atoms with E-state index in [4.69, 9.17) is 28.9 Å². The number of hydrogen-bond acceptors (Lipinski definition) is 2. The first-order valence-electron chi connectivity index (χ1n) is 5.06. The molecule has 1 aliphatic rings. The lowest BCUT2D eigenvalue weighted by Crippen LogP contribution is -2.33. The predicted octanol–water partition coefficient (Wildman–Crippen LogP) is 2.05. The fourth-order valence-corrected chi connectivity index (χ4v) is 2.10. The van der Waals surface area contributed by atoms with Crippen molar-refractivity contribution in [2.24, 2.45) is 5.73 Å². The summed E-state index contributed by atoms with van der Waals surface area (Å²) in [5.41, 5.74) is 6.61. The highest BCUT2D eigenvalue weighted by Gasteiger charge is 2.28. The summed E-state index contributed by atoms with van der Waals surface area (Å²) in [5.74, 6) is 0.00562. The molecule has 3 nitrogen and oxygen atoms in total. The molecule has 1 saturated heterocycles. The maximum atomic E-state index is 11.6. The number of rotatable bonds is 2. The van der Waals surface area contributed by atoms with Crippen LogP contribution >= 0.6 is 23.2 Å². The molecule has 0 aliphatic carbocycles. The quantitative estimate of drug-likeness (QED) is 0.883. The lowest BCUT2D eigenvalue weighted by atomic mass is 10.2. The molecule has 5 heteroatoms. The fourth-order valence-electron chi connectivity index (χ4n) is 1.78. The van der Waals surface area contributed by atoms with E-state index in [2.05, 4.69) is 0 Å². The molecular formula is C11H12Cl2N2O. The molecule has 1 atom stereocenters. The van der Waals surface area contributed by atoms with Crippen LogP contribution < -0.4 is 5.73 Å². The van der Waals surface area contributed by atoms with Crippen molar-refractivity contribution < 1.29 is 4.79 Å². The minimum Gasteiger partial charge on any atom is -0.337 e. The zero-order chi connectivity index (χ0) is 11.7. The van der Waals surface area contributed by atoms with Crippen molar-refractivity contribution in [2.45, 2.75) is 19.0 Å². The van der Waals surface area contributed by atoms with Gasteiger partial charge in [0.1, 0.15) is 0 Å². The number of carbonyl (C=O) groups is 1. The van der Waals surface area contributed by atoms with Gasteiger partial charge in [-0.2, -0.15) is 0 Å². The predicted molar refractivity (Wildman–Crippen MR) is 64.5 cm³/mol. The lowest BCUT2D eigenvalue weighted by molar-refractivity contribution is -0.129. The first-order chi connectivity index (χ1) is 7.58. The van der Waals surface area contributed by atoms with Crippen molar-refractivity contribution in [1.29, 1.82) is 0 Å². The summed E-state index contributed by atoms with van der Waals surface area (Å²) in [6, 6.07) is 5.04. The van der Waals surface area contributed by atoms with E-state index < -0.39 is 0 Å². The van der Waals surface area contributed by atoms with Crippen LogP contribution in [0.5, 0.6) is 0 Å². The minimum atomic E-state index is -0.345. The largest absolute Gasteiger partial charge is 0.337 e. The molecule has 16 heavy (non-hydrogen) atoms. The van der Waals surface area contributed by atoms with Crippen LogP contribution in [0.2, 0.25) is 10.0 Å². The van der Waals surface area contributed by atoms with Gasteiger partial charge in [0, 0.05) is 13.1 Å². The van der Waals surface area contributed by atoms with Crippen molar-refractivity contribution in [3.8, 4) is 0 Å². The van der Waals surface area contributed by atoms with Crippen molar-refractivity contribution in [1.82, 2.24) is 4.90 Å². The third-order valence-electron chi connectivity index (χ3n) is 2.70. The number of nitrogens with zero attached hydrogens (tertiary/aromatic N) is 1. The van der Waals surface area contributed by atoms with E-state index in [-0.39, 0.29) is 11.9 Å². The standard InChI is InChI=1S/C11H12Cl2N2O/c12-8-2-1-7(5-9(8)13)6-15-4-3-10(14)11(15)16/h1-2,5,10H,3-4,6,14H2/t10-/m0/s1. The maximum Gasteiger partial charge on any atom is 0.239 e. The molecule has 86 valence electrons. The molecule has 1 heterocycles. The second-order valence-corrected chi connectivity index (χ2v) is 4.72. The summed E-state index contributed by atoms with van der Waals surface area (Å²) < 4.78 is 0. The molecule has 1 amide bonds. The Bertz CT molecular complexity index is 422. The number of hydrogen-bond donors (Lipinski definition) is 1. The smallest absolute Gasteiger partial charge is 0.239 e. The summed E-state index contributed by atoms with van der Waals surface area (Å²) >= 11 is 11.7. The highest BCUT2D eigenvalue weighted by molar-refractivity contribution is 6.42. The van der Waals surface area contributed by atoms with E-state index >= 15 is 0 Å². The maximum absolute atomic E-state index is 11.6. The lowest BCUT2D eigenvalue weighted by Gasteiger charge is -2.16. The molecule has 0 spiro atoms. The fraction of sp³-hybridized carbons (Fsp3) is 0.364. The molecule has 2 rings (SSSR count). The zero-order valence-corrected chi connectivity index (χ0v) is 10.1. The normalized spacial score (nSPS) is 20.6. The van der Waals surface area contributed by atoms with Gasteiger partial charge in [-0.3, -0.25) is 4.79 Å². The van der Waals surface area contributed by atoms with Crippen LogP contribution in [-0.4, -0.2) is 23.4 Å². The Morgan fingerprint density at radius 1 is 1.38 bits per heavy atom. The molecule has 0 bridgehead atoms. The van der Waals surface area contributed by atoms with E-state index in [1.807, 2.05) is 6.07 Å². The van der Waals surface area contributed by atoms with Gasteiger partial charge < -0.3 is 10.6 Å². The van der Waals surface area contributed by atoms with E-state index in [0.29, 0.717) is 23.1 Å². The van der Waals surface area contributed by atoms with Gasteiger partial charge in [0.05, 0.1) is 16.1 Å². The second-order valence-electron chi connectivity index (χ2n) is 3.90. The molecule has 1 fully saturated rings. The third kappa shape index (κ3) is 2.32. The van der Waals surface area contributed by atoms with E-state index in [1.54, 1.807) is 17.0 Å². The van der Waals surface area contributed by atoms with Crippen LogP contribution in [0.4, 0.5) is 0 Å². The third-order valence-corrected chi connectivity index (χ3v) is 3.44. The highest BCUT2D eigenvalue weighted by atomic mass is 35.5. The van der Waals surface area contributed by atoms with E-state index in [0.717, 1.165) is 12.0 Å². The van der Waals surface area contributed by atoms with Crippen molar-refractivity contribution >= 4 is 29.1 Å². The Balaban J connectivity index is 2.10. The first-order valence-corrected chi connectivity index (χ1v) is 5.82. The minimum absolute atomic E-state index is 0.00562. The van der Waals surface area contributed by atoms with Gasteiger partial charge in [-0.25, -0.2) is 0 Å². The topological polar surface area (TPSA) is 46.3 Å². The average molecular weight is 259 g/mol. The van der Waals surface area contributed by atoms with Gasteiger partial charge in [0.25, 0.3) is 0 Å². The molecule has 0 saturated carbocycles. The number of benzene rings is 1. The Kier molecular flexibility index (Phi) is 3.38. The summed E-state index contributed by atoms with van der Waals surface area (Å²) in [5, 5.41) is 1.03. The van der Waals surface area contributed by atoms with Crippen LogP contribution in [0.3, 0.4) is 0 Å². The van der Waals surface area contributed by atoms with Crippen molar-refractivity contribution in [3.63, 3.8) is 0 Å². The average Bonchev–Trinajstić information content (AvgIpc) is 2.55. The molecule has 0 unspecified atom stereocenters. The van der Waals surface area contributed by atoms with Crippen molar-refractivity contribution in [3.05, 3.63) is 33.8 Å². The van der Waals surface area contributed by atoms with Crippen molar-refractivity contribution in [2.75, 3.05) is 6.54 Å².